The molecule has 1 aromatic heterocycles. The molecular formula is C16H17F3N2. The molecule has 1 N–H and O–H groups in total. The van der Waals surface area contributed by atoms with Crippen molar-refractivity contribution in [3.05, 3.63) is 35.0 Å². The van der Waals surface area contributed by atoms with Crippen LogP contribution in [0, 0.1) is 0 Å². The topological polar surface area (TPSA) is 19.0 Å². The summed E-state index contributed by atoms with van der Waals surface area (Å²) >= 11 is 0. The first-order valence-electron chi connectivity index (χ1n) is 7.47. The minimum Gasteiger partial charge on any atom is -0.358 e. The number of hydrogen-bond acceptors (Lipinski definition) is 1. The Morgan fingerprint density at radius 1 is 1.19 bits per heavy atom. The molecule has 1 saturated heterocycles. The molecule has 1 atom stereocenters. The van der Waals surface area contributed by atoms with Gasteiger partial charge in [0.2, 0.25) is 0 Å². The lowest BCUT2D eigenvalue weighted by Crippen LogP contribution is -2.30. The van der Waals surface area contributed by atoms with Crippen LogP contribution in [0.3, 0.4) is 0 Å². The van der Waals surface area contributed by atoms with Gasteiger partial charge >= 0.3 is 6.18 Å². The number of nitrogens with zero attached hydrogens (tertiary/aromatic N) is 1. The number of fused-ring (bicyclic) bond motifs is 4. The molecule has 0 radical (unpaired) electrons. The van der Waals surface area contributed by atoms with E-state index in [2.05, 4.69) is 9.88 Å². The van der Waals surface area contributed by atoms with E-state index < -0.39 is 11.7 Å². The highest BCUT2D eigenvalue weighted by atomic mass is 19.4. The van der Waals surface area contributed by atoms with Crippen LogP contribution in [-0.2, 0) is 19.0 Å². The van der Waals surface area contributed by atoms with Gasteiger partial charge < -0.3 is 4.98 Å². The summed E-state index contributed by atoms with van der Waals surface area (Å²) in [6.07, 6.45) is 0.0227. The molecule has 0 unspecified atom stereocenters. The van der Waals surface area contributed by atoms with E-state index in [4.69, 9.17) is 0 Å². The zero-order valence-electron chi connectivity index (χ0n) is 11.6. The van der Waals surface area contributed by atoms with Crippen molar-refractivity contribution in [3.63, 3.8) is 0 Å². The van der Waals surface area contributed by atoms with Crippen molar-refractivity contribution in [2.24, 2.45) is 0 Å². The monoisotopic (exact) mass is 294 g/mol. The number of nitrogens with one attached hydrogen (secondary N) is 1. The maximum atomic E-state index is 12.8. The van der Waals surface area contributed by atoms with Gasteiger partial charge in [-0.05, 0) is 43.5 Å². The second-order valence-electron chi connectivity index (χ2n) is 6.13. The molecule has 1 fully saturated rings. The van der Waals surface area contributed by atoms with Gasteiger partial charge in [0.25, 0.3) is 0 Å². The van der Waals surface area contributed by atoms with Crippen molar-refractivity contribution in [2.75, 3.05) is 13.1 Å². The van der Waals surface area contributed by atoms with Crippen LogP contribution in [0.2, 0.25) is 0 Å². The van der Waals surface area contributed by atoms with Gasteiger partial charge in [-0.25, -0.2) is 0 Å². The summed E-state index contributed by atoms with van der Waals surface area (Å²) in [5.41, 5.74) is 2.40. The SMILES string of the molecule is FC(F)(F)c1ccc2c3c([nH]c2c1)CCN1CCC[C@H]1C3. The molecule has 0 amide bonds. The molecule has 5 heteroatoms. The van der Waals surface area contributed by atoms with Crippen molar-refractivity contribution >= 4 is 10.9 Å². The summed E-state index contributed by atoms with van der Waals surface area (Å²) in [7, 11) is 0. The largest absolute Gasteiger partial charge is 0.416 e. The van der Waals surface area contributed by atoms with Gasteiger partial charge in [-0.1, -0.05) is 6.07 Å². The molecule has 2 nitrogen and oxygen atoms in total. The van der Waals surface area contributed by atoms with Crippen LogP contribution in [0.1, 0.15) is 29.7 Å². The van der Waals surface area contributed by atoms with Crippen molar-refractivity contribution in [2.45, 2.75) is 37.9 Å². The summed E-state index contributed by atoms with van der Waals surface area (Å²) < 4.78 is 38.5. The Morgan fingerprint density at radius 2 is 2.05 bits per heavy atom. The van der Waals surface area contributed by atoms with E-state index in [1.807, 2.05) is 0 Å². The predicted molar refractivity (Wildman–Crippen MR) is 75.3 cm³/mol. The molecule has 0 aliphatic carbocycles. The Labute approximate surface area is 120 Å². The van der Waals surface area contributed by atoms with E-state index >= 15 is 0 Å². The molecule has 2 aliphatic heterocycles. The Hall–Kier alpha value is -1.49. The molecule has 0 saturated carbocycles. The Bertz CT molecular complexity index is 687. The summed E-state index contributed by atoms with van der Waals surface area (Å²) in [4.78, 5) is 5.75. The van der Waals surface area contributed by atoms with Crippen molar-refractivity contribution < 1.29 is 13.2 Å². The molecule has 0 spiro atoms. The predicted octanol–water partition coefficient (Wildman–Crippen LogP) is 3.75. The molecule has 3 heterocycles. The molecule has 2 aromatic rings. The molecule has 21 heavy (non-hydrogen) atoms. The number of aromatic amines is 1. The Morgan fingerprint density at radius 3 is 2.86 bits per heavy atom. The minimum atomic E-state index is -4.28. The standard InChI is InChI=1S/C16H17F3N2/c17-16(18,19)10-3-4-12-13-9-11-2-1-6-21(11)7-5-14(13)20-15(12)8-10/h3-4,8,11,20H,1-2,5-7,9H2/t11-/m0/s1. The lowest BCUT2D eigenvalue weighted by molar-refractivity contribution is -0.137. The summed E-state index contributed by atoms with van der Waals surface area (Å²) in [5, 5.41) is 0.965. The molecule has 4 rings (SSSR count). The first-order valence-corrected chi connectivity index (χ1v) is 7.47. The van der Waals surface area contributed by atoms with E-state index in [0.717, 1.165) is 37.0 Å². The lowest BCUT2D eigenvalue weighted by Gasteiger charge is -2.21. The van der Waals surface area contributed by atoms with Crippen molar-refractivity contribution in [3.8, 4) is 0 Å². The fraction of sp³-hybridized carbons (Fsp3) is 0.500. The van der Waals surface area contributed by atoms with E-state index in [1.54, 1.807) is 6.07 Å². The number of alkyl halides is 3. The maximum Gasteiger partial charge on any atom is 0.416 e. The van der Waals surface area contributed by atoms with Crippen molar-refractivity contribution in [1.29, 1.82) is 0 Å². The summed E-state index contributed by atoms with van der Waals surface area (Å²) in [6, 6.07) is 4.65. The van der Waals surface area contributed by atoms with Crippen LogP contribution >= 0.6 is 0 Å². The number of halogens is 3. The van der Waals surface area contributed by atoms with E-state index in [1.165, 1.54) is 30.5 Å². The molecule has 112 valence electrons. The van der Waals surface area contributed by atoms with Gasteiger partial charge in [-0.3, -0.25) is 4.90 Å². The van der Waals surface area contributed by atoms with Gasteiger partial charge in [0.05, 0.1) is 5.56 Å². The highest BCUT2D eigenvalue weighted by Crippen LogP contribution is 2.35. The van der Waals surface area contributed by atoms with Crippen molar-refractivity contribution in [1.82, 2.24) is 9.88 Å². The zero-order chi connectivity index (χ0) is 14.6. The molecule has 2 aliphatic rings. The van der Waals surface area contributed by atoms with Crippen LogP contribution in [0.25, 0.3) is 10.9 Å². The summed E-state index contributed by atoms with van der Waals surface area (Å²) in [6.45, 7) is 2.17. The molecule has 1 aromatic carbocycles. The smallest absolute Gasteiger partial charge is 0.358 e. The number of hydrogen-bond donors (Lipinski definition) is 1. The summed E-state index contributed by atoms with van der Waals surface area (Å²) in [5.74, 6) is 0. The Kier molecular flexibility index (Phi) is 2.83. The maximum absolute atomic E-state index is 12.8. The molecule has 0 bridgehead atoms. The fourth-order valence-corrected chi connectivity index (χ4v) is 3.85. The average molecular weight is 294 g/mol. The van der Waals surface area contributed by atoms with Crippen LogP contribution in [-0.4, -0.2) is 29.0 Å². The first-order chi connectivity index (χ1) is 10.0. The van der Waals surface area contributed by atoms with E-state index in [0.29, 0.717) is 11.6 Å². The third-order valence-electron chi connectivity index (χ3n) is 4.91. The van der Waals surface area contributed by atoms with Gasteiger partial charge in [-0.2, -0.15) is 13.2 Å². The lowest BCUT2D eigenvalue weighted by atomic mass is 10.0. The van der Waals surface area contributed by atoms with E-state index in [9.17, 15) is 13.2 Å². The molecular weight excluding hydrogens is 277 g/mol. The van der Waals surface area contributed by atoms with Crippen LogP contribution in [0.5, 0.6) is 0 Å². The number of benzene rings is 1. The fourth-order valence-electron chi connectivity index (χ4n) is 3.85. The normalized spacial score (nSPS) is 23.1. The second kappa shape index (κ2) is 4.50. The number of H-pyrrole nitrogens is 1. The third kappa shape index (κ3) is 2.14. The van der Waals surface area contributed by atoms with E-state index in [-0.39, 0.29) is 0 Å². The van der Waals surface area contributed by atoms with Gasteiger partial charge in [0.15, 0.2) is 0 Å². The number of aromatic nitrogens is 1. The highest BCUT2D eigenvalue weighted by Gasteiger charge is 2.32. The average Bonchev–Trinajstić information content (AvgIpc) is 2.97. The quantitative estimate of drug-likeness (QED) is 0.784. The van der Waals surface area contributed by atoms with Gasteiger partial charge in [0.1, 0.15) is 0 Å². The highest BCUT2D eigenvalue weighted by molar-refractivity contribution is 5.85. The van der Waals surface area contributed by atoms with Crippen LogP contribution in [0.4, 0.5) is 13.2 Å². The zero-order valence-corrected chi connectivity index (χ0v) is 11.6. The first kappa shape index (κ1) is 13.2. The van der Waals surface area contributed by atoms with Crippen LogP contribution < -0.4 is 0 Å². The minimum absolute atomic E-state index is 0.563. The van der Waals surface area contributed by atoms with Gasteiger partial charge in [0, 0.05) is 35.6 Å². The third-order valence-corrected chi connectivity index (χ3v) is 4.91. The second-order valence-corrected chi connectivity index (χ2v) is 6.13. The van der Waals surface area contributed by atoms with Gasteiger partial charge in [-0.15, -0.1) is 0 Å². The number of rotatable bonds is 0. The Balaban J connectivity index is 1.79. The van der Waals surface area contributed by atoms with Crippen LogP contribution in [0.15, 0.2) is 18.2 Å².